The van der Waals surface area contributed by atoms with Crippen LogP contribution in [0, 0.1) is 0 Å². The van der Waals surface area contributed by atoms with Crippen LogP contribution in [-0.4, -0.2) is 28.5 Å². The number of methoxy groups -OCH3 is 1. The number of nitrogens with zero attached hydrogens (tertiary/aromatic N) is 2. The fraction of sp³-hybridized carbons (Fsp3) is 0.769. The van der Waals surface area contributed by atoms with E-state index >= 15 is 0 Å². The Hall–Kier alpha value is -0.910. The largest absolute Gasteiger partial charge is 0.377 e. The molecule has 3 N–H and O–H groups in total. The minimum Gasteiger partial charge on any atom is -0.377 e. The van der Waals surface area contributed by atoms with Crippen molar-refractivity contribution < 1.29 is 4.74 Å². The highest BCUT2D eigenvalue weighted by Gasteiger charge is 2.34. The third-order valence-corrected chi connectivity index (χ3v) is 3.92. The molecule has 1 aromatic rings. The molecule has 0 saturated carbocycles. The maximum atomic E-state index is 5.72. The molecule has 0 aromatic carbocycles. The van der Waals surface area contributed by atoms with Crippen molar-refractivity contribution in [2.24, 2.45) is 12.9 Å². The third kappa shape index (κ3) is 3.31. The fourth-order valence-electron chi connectivity index (χ4n) is 2.58. The van der Waals surface area contributed by atoms with Crippen molar-refractivity contribution in [3.63, 3.8) is 0 Å². The monoisotopic (exact) mass is 254 g/mol. The van der Waals surface area contributed by atoms with Crippen LogP contribution >= 0.6 is 0 Å². The number of nitrogens with two attached hydrogens (primary N) is 1. The molecule has 0 saturated heterocycles. The Labute approximate surface area is 110 Å². The third-order valence-electron chi connectivity index (χ3n) is 3.92. The second-order valence-electron chi connectivity index (χ2n) is 4.76. The number of aromatic nitrogens is 2. The molecule has 5 heteroatoms. The molecule has 1 atom stereocenters. The van der Waals surface area contributed by atoms with Crippen LogP contribution in [0.5, 0.6) is 0 Å². The summed E-state index contributed by atoms with van der Waals surface area (Å²) in [6.45, 7) is 4.28. The summed E-state index contributed by atoms with van der Waals surface area (Å²) in [5.74, 6) is 5.70. The molecule has 0 aliphatic heterocycles. The van der Waals surface area contributed by atoms with Crippen LogP contribution in [-0.2, 0) is 18.2 Å². The number of nitrogens with one attached hydrogen (secondary N) is 1. The number of hydrazine groups is 1. The molecular weight excluding hydrogens is 228 g/mol. The Morgan fingerprint density at radius 3 is 2.56 bits per heavy atom. The van der Waals surface area contributed by atoms with Gasteiger partial charge < -0.3 is 4.74 Å². The van der Waals surface area contributed by atoms with E-state index in [1.807, 2.05) is 24.1 Å². The predicted molar refractivity (Wildman–Crippen MR) is 73.0 cm³/mol. The van der Waals surface area contributed by atoms with E-state index in [1.165, 1.54) is 5.56 Å². The lowest BCUT2D eigenvalue weighted by atomic mass is 9.85. The van der Waals surface area contributed by atoms with Crippen LogP contribution in [0.2, 0.25) is 0 Å². The molecule has 104 valence electrons. The lowest BCUT2D eigenvalue weighted by Gasteiger charge is -2.38. The summed E-state index contributed by atoms with van der Waals surface area (Å²) in [5, 5.41) is 4.18. The van der Waals surface area contributed by atoms with Gasteiger partial charge in [-0.15, -0.1) is 0 Å². The van der Waals surface area contributed by atoms with Crippen molar-refractivity contribution >= 4 is 0 Å². The van der Waals surface area contributed by atoms with Crippen molar-refractivity contribution in [3.8, 4) is 0 Å². The summed E-state index contributed by atoms with van der Waals surface area (Å²) in [7, 11) is 3.70. The summed E-state index contributed by atoms with van der Waals surface area (Å²) in [6.07, 6.45) is 7.73. The predicted octanol–water partition coefficient (Wildman–Crippen LogP) is 1.39. The highest BCUT2D eigenvalue weighted by molar-refractivity contribution is 5.05. The summed E-state index contributed by atoms with van der Waals surface area (Å²) >= 11 is 0. The van der Waals surface area contributed by atoms with Crippen LogP contribution in [0.25, 0.3) is 0 Å². The van der Waals surface area contributed by atoms with Crippen molar-refractivity contribution in [1.29, 1.82) is 0 Å². The van der Waals surface area contributed by atoms with E-state index < -0.39 is 0 Å². The van der Waals surface area contributed by atoms with E-state index in [0.29, 0.717) is 0 Å². The van der Waals surface area contributed by atoms with Crippen molar-refractivity contribution in [2.45, 2.75) is 51.2 Å². The molecule has 18 heavy (non-hydrogen) atoms. The standard InChI is InChI=1S/C13H26N4O/c1-5-13(6-2,18-4)12(16-14)8-7-11-9-15-17(3)10-11/h9-10,12,16H,5-8,14H2,1-4H3. The number of aryl methyl sites for hydroxylation is 2. The van der Waals surface area contributed by atoms with Gasteiger partial charge in [0.2, 0.25) is 0 Å². The summed E-state index contributed by atoms with van der Waals surface area (Å²) in [4.78, 5) is 0. The van der Waals surface area contributed by atoms with E-state index in [9.17, 15) is 0 Å². The van der Waals surface area contributed by atoms with Gasteiger partial charge in [0.05, 0.1) is 17.8 Å². The molecule has 1 unspecified atom stereocenters. The Balaban J connectivity index is 2.65. The van der Waals surface area contributed by atoms with Gasteiger partial charge in [0.15, 0.2) is 0 Å². The smallest absolute Gasteiger partial charge is 0.0839 e. The van der Waals surface area contributed by atoms with Gasteiger partial charge in [0, 0.05) is 20.4 Å². The first kappa shape index (κ1) is 15.1. The van der Waals surface area contributed by atoms with Crippen LogP contribution in [0.15, 0.2) is 12.4 Å². The minimum atomic E-state index is -0.184. The Kier molecular flexibility index (Phi) is 5.78. The first-order valence-electron chi connectivity index (χ1n) is 6.60. The quantitative estimate of drug-likeness (QED) is 0.543. The molecule has 0 bridgehead atoms. The lowest BCUT2D eigenvalue weighted by Crippen LogP contribution is -2.54. The average molecular weight is 254 g/mol. The zero-order chi connectivity index (χ0) is 13.6. The molecule has 0 aliphatic carbocycles. The normalized spacial score (nSPS) is 13.8. The molecule has 5 nitrogen and oxygen atoms in total. The molecule has 0 fully saturated rings. The van der Waals surface area contributed by atoms with Crippen molar-refractivity contribution in [3.05, 3.63) is 18.0 Å². The molecule has 1 aromatic heterocycles. The molecular formula is C13H26N4O. The molecule has 0 aliphatic rings. The van der Waals surface area contributed by atoms with Gasteiger partial charge in [-0.1, -0.05) is 13.8 Å². The molecule has 0 amide bonds. The van der Waals surface area contributed by atoms with E-state index in [-0.39, 0.29) is 11.6 Å². The van der Waals surface area contributed by atoms with Crippen LogP contribution in [0.1, 0.15) is 38.7 Å². The maximum Gasteiger partial charge on any atom is 0.0839 e. The van der Waals surface area contributed by atoms with Crippen LogP contribution in [0.3, 0.4) is 0 Å². The summed E-state index contributed by atoms with van der Waals surface area (Å²) < 4.78 is 7.54. The SMILES string of the molecule is CCC(CC)(OC)C(CCc1cnn(C)c1)NN. The summed E-state index contributed by atoms with van der Waals surface area (Å²) in [5.41, 5.74) is 3.97. The molecule has 1 heterocycles. The first-order valence-corrected chi connectivity index (χ1v) is 6.60. The van der Waals surface area contributed by atoms with E-state index in [0.717, 1.165) is 25.7 Å². The highest BCUT2D eigenvalue weighted by atomic mass is 16.5. The number of hydrogen-bond donors (Lipinski definition) is 2. The van der Waals surface area contributed by atoms with Gasteiger partial charge in [-0.05, 0) is 31.2 Å². The van der Waals surface area contributed by atoms with Crippen LogP contribution < -0.4 is 11.3 Å². The van der Waals surface area contributed by atoms with Gasteiger partial charge in [0.25, 0.3) is 0 Å². The van der Waals surface area contributed by atoms with Gasteiger partial charge in [-0.3, -0.25) is 16.0 Å². The van der Waals surface area contributed by atoms with Crippen molar-refractivity contribution in [1.82, 2.24) is 15.2 Å². The topological polar surface area (TPSA) is 65.1 Å². The number of rotatable bonds is 8. The number of ether oxygens (including phenoxy) is 1. The lowest BCUT2D eigenvalue weighted by molar-refractivity contribution is -0.0493. The van der Waals surface area contributed by atoms with Crippen molar-refractivity contribution in [2.75, 3.05) is 7.11 Å². The zero-order valence-electron chi connectivity index (χ0n) is 11.9. The maximum absolute atomic E-state index is 5.72. The van der Waals surface area contributed by atoms with Gasteiger partial charge in [-0.25, -0.2) is 0 Å². The summed E-state index contributed by atoms with van der Waals surface area (Å²) in [6, 6.07) is 0.151. The fourth-order valence-corrected chi connectivity index (χ4v) is 2.58. The van der Waals surface area contributed by atoms with Crippen LogP contribution in [0.4, 0.5) is 0 Å². The zero-order valence-corrected chi connectivity index (χ0v) is 11.9. The van der Waals surface area contributed by atoms with Gasteiger partial charge in [0.1, 0.15) is 0 Å². The molecule has 0 radical (unpaired) electrons. The van der Waals surface area contributed by atoms with E-state index in [4.69, 9.17) is 10.6 Å². The van der Waals surface area contributed by atoms with E-state index in [1.54, 1.807) is 7.11 Å². The molecule has 1 rings (SSSR count). The van der Waals surface area contributed by atoms with Gasteiger partial charge >= 0.3 is 0 Å². The molecule has 0 spiro atoms. The second-order valence-corrected chi connectivity index (χ2v) is 4.76. The Morgan fingerprint density at radius 1 is 1.50 bits per heavy atom. The van der Waals surface area contributed by atoms with Gasteiger partial charge in [-0.2, -0.15) is 5.10 Å². The average Bonchev–Trinajstić information content (AvgIpc) is 2.81. The minimum absolute atomic E-state index is 0.151. The Morgan fingerprint density at radius 2 is 2.17 bits per heavy atom. The Bertz CT molecular complexity index is 338. The highest BCUT2D eigenvalue weighted by Crippen LogP contribution is 2.26. The first-order chi connectivity index (χ1) is 8.61. The number of hydrogen-bond acceptors (Lipinski definition) is 4. The second kappa shape index (κ2) is 6.87. The van der Waals surface area contributed by atoms with E-state index in [2.05, 4.69) is 24.4 Å².